The number of halogens is 2. The number of aromatic carboxylic acids is 1. The third-order valence-electron chi connectivity index (χ3n) is 2.97. The summed E-state index contributed by atoms with van der Waals surface area (Å²) in [6.07, 6.45) is -0.0324. The van der Waals surface area contributed by atoms with Crippen molar-refractivity contribution >= 4 is 40.8 Å². The Morgan fingerprint density at radius 1 is 1.38 bits per heavy atom. The molecule has 0 bridgehead atoms. The first-order valence-electron chi connectivity index (χ1n) is 6.32. The molecule has 1 aliphatic heterocycles. The van der Waals surface area contributed by atoms with E-state index in [9.17, 15) is 9.59 Å². The van der Waals surface area contributed by atoms with E-state index >= 15 is 0 Å². The van der Waals surface area contributed by atoms with Gasteiger partial charge in [0.05, 0.1) is 40.4 Å². The third kappa shape index (κ3) is 4.31. The molecule has 1 saturated heterocycles. The maximum Gasteiger partial charge on any atom is 0.335 e. The van der Waals surface area contributed by atoms with Crippen molar-refractivity contribution in [2.75, 3.05) is 25.0 Å². The summed E-state index contributed by atoms with van der Waals surface area (Å²) in [5.74, 6) is -1.44. The van der Waals surface area contributed by atoms with Gasteiger partial charge in [-0.15, -0.1) is 0 Å². The van der Waals surface area contributed by atoms with E-state index in [0.29, 0.717) is 13.2 Å². The van der Waals surface area contributed by atoms with Crippen LogP contribution in [0.15, 0.2) is 12.1 Å². The number of rotatable bonds is 4. The summed E-state index contributed by atoms with van der Waals surface area (Å²) in [7, 11) is 0. The molecule has 0 saturated carbocycles. The summed E-state index contributed by atoms with van der Waals surface area (Å²) < 4.78 is 5.43. The lowest BCUT2D eigenvalue weighted by Gasteiger charge is -2.23. The van der Waals surface area contributed by atoms with Crippen LogP contribution >= 0.6 is 23.2 Å². The number of morpholine rings is 1. The molecule has 1 unspecified atom stereocenters. The lowest BCUT2D eigenvalue weighted by Crippen LogP contribution is -2.40. The van der Waals surface area contributed by atoms with E-state index in [1.165, 1.54) is 12.1 Å². The Bertz CT molecular complexity index is 536. The summed E-state index contributed by atoms with van der Waals surface area (Å²) in [4.78, 5) is 22.8. The van der Waals surface area contributed by atoms with Gasteiger partial charge in [0.2, 0.25) is 5.91 Å². The standard InChI is InChI=1S/C13H14Cl2N2O4/c14-9-3-7(13(19)20)4-10(15)12(9)17-11(18)5-8-6-16-1-2-21-8/h3-4,8,16H,1-2,5-6H2,(H,17,18)(H,19,20). The molecule has 8 heteroatoms. The zero-order valence-electron chi connectivity index (χ0n) is 11.0. The fourth-order valence-corrected chi connectivity index (χ4v) is 2.55. The van der Waals surface area contributed by atoms with Crippen molar-refractivity contribution in [1.29, 1.82) is 0 Å². The largest absolute Gasteiger partial charge is 0.478 e. The maximum atomic E-state index is 12.0. The van der Waals surface area contributed by atoms with Crippen LogP contribution in [0.3, 0.4) is 0 Å². The quantitative estimate of drug-likeness (QED) is 0.785. The van der Waals surface area contributed by atoms with E-state index in [0.717, 1.165) is 6.54 Å². The highest BCUT2D eigenvalue weighted by Gasteiger charge is 2.19. The summed E-state index contributed by atoms with van der Waals surface area (Å²) in [5, 5.41) is 14.8. The summed E-state index contributed by atoms with van der Waals surface area (Å²) in [6, 6.07) is 2.48. The Kier molecular flexibility index (Phi) is 5.41. The van der Waals surface area contributed by atoms with Crippen LogP contribution in [0.5, 0.6) is 0 Å². The Labute approximate surface area is 131 Å². The van der Waals surface area contributed by atoms with Crippen molar-refractivity contribution in [3.05, 3.63) is 27.7 Å². The molecule has 1 fully saturated rings. The highest BCUT2D eigenvalue weighted by molar-refractivity contribution is 6.40. The molecule has 6 nitrogen and oxygen atoms in total. The van der Waals surface area contributed by atoms with Crippen LogP contribution in [0.4, 0.5) is 5.69 Å². The van der Waals surface area contributed by atoms with Crippen LogP contribution in [0.2, 0.25) is 10.0 Å². The van der Waals surface area contributed by atoms with Crippen LogP contribution in [0, 0.1) is 0 Å². The summed E-state index contributed by atoms with van der Waals surface area (Å²) >= 11 is 11.9. The number of anilines is 1. The van der Waals surface area contributed by atoms with Crippen molar-refractivity contribution < 1.29 is 19.4 Å². The van der Waals surface area contributed by atoms with E-state index in [4.69, 9.17) is 33.0 Å². The van der Waals surface area contributed by atoms with Gasteiger partial charge in [0.25, 0.3) is 0 Å². The molecule has 1 aromatic carbocycles. The second-order valence-electron chi connectivity index (χ2n) is 4.57. The van der Waals surface area contributed by atoms with Gasteiger partial charge in [-0.1, -0.05) is 23.2 Å². The lowest BCUT2D eigenvalue weighted by molar-refractivity contribution is -0.119. The van der Waals surface area contributed by atoms with Gasteiger partial charge in [0.1, 0.15) is 0 Å². The molecule has 1 heterocycles. The van der Waals surface area contributed by atoms with Gasteiger partial charge in [0.15, 0.2) is 0 Å². The summed E-state index contributed by atoms with van der Waals surface area (Å²) in [5.41, 5.74) is 0.167. The first-order chi connectivity index (χ1) is 9.97. The predicted octanol–water partition coefficient (Wildman–Crippen LogP) is 2.01. The molecular formula is C13H14Cl2N2O4. The van der Waals surface area contributed by atoms with Crippen molar-refractivity contribution in [2.45, 2.75) is 12.5 Å². The fourth-order valence-electron chi connectivity index (χ4n) is 1.96. The second kappa shape index (κ2) is 7.09. The number of ether oxygens (including phenoxy) is 1. The third-order valence-corrected chi connectivity index (χ3v) is 3.57. The van der Waals surface area contributed by atoms with E-state index in [1.54, 1.807) is 0 Å². The number of carbonyl (C=O) groups is 2. The van der Waals surface area contributed by atoms with Gasteiger partial charge in [-0.05, 0) is 12.1 Å². The predicted molar refractivity (Wildman–Crippen MR) is 79.3 cm³/mol. The molecule has 3 N–H and O–H groups in total. The molecule has 1 aliphatic rings. The van der Waals surface area contributed by atoms with Crippen LogP contribution in [-0.2, 0) is 9.53 Å². The SMILES string of the molecule is O=C(CC1CNCCO1)Nc1c(Cl)cc(C(=O)O)cc1Cl. The van der Waals surface area contributed by atoms with Crippen molar-refractivity contribution in [2.24, 2.45) is 0 Å². The molecule has 0 spiro atoms. The molecular weight excluding hydrogens is 319 g/mol. The zero-order valence-corrected chi connectivity index (χ0v) is 12.5. The second-order valence-corrected chi connectivity index (χ2v) is 5.38. The Hall–Kier alpha value is -1.34. The number of benzene rings is 1. The molecule has 1 atom stereocenters. The Morgan fingerprint density at radius 3 is 2.57 bits per heavy atom. The van der Waals surface area contributed by atoms with Gasteiger partial charge >= 0.3 is 5.97 Å². The number of nitrogens with one attached hydrogen (secondary N) is 2. The highest BCUT2D eigenvalue weighted by Crippen LogP contribution is 2.32. The van der Waals surface area contributed by atoms with Crippen LogP contribution in [0.1, 0.15) is 16.8 Å². The average molecular weight is 333 g/mol. The van der Waals surface area contributed by atoms with Crippen LogP contribution in [0.25, 0.3) is 0 Å². The molecule has 2 rings (SSSR count). The Morgan fingerprint density at radius 2 is 2.05 bits per heavy atom. The van der Waals surface area contributed by atoms with E-state index in [-0.39, 0.29) is 39.7 Å². The number of carboxylic acids is 1. The summed E-state index contributed by atoms with van der Waals surface area (Å²) in [6.45, 7) is 1.94. The van der Waals surface area contributed by atoms with E-state index < -0.39 is 5.97 Å². The minimum absolute atomic E-state index is 0.0391. The van der Waals surface area contributed by atoms with Gasteiger partial charge in [-0.2, -0.15) is 0 Å². The monoisotopic (exact) mass is 332 g/mol. The molecule has 0 aromatic heterocycles. The van der Waals surface area contributed by atoms with E-state index in [1.807, 2.05) is 0 Å². The van der Waals surface area contributed by atoms with Crippen LogP contribution < -0.4 is 10.6 Å². The zero-order chi connectivity index (χ0) is 15.4. The van der Waals surface area contributed by atoms with Gasteiger partial charge < -0.3 is 20.5 Å². The topological polar surface area (TPSA) is 87.7 Å². The molecule has 1 aromatic rings. The highest BCUT2D eigenvalue weighted by atomic mass is 35.5. The molecule has 114 valence electrons. The van der Waals surface area contributed by atoms with Gasteiger partial charge in [-0.3, -0.25) is 4.79 Å². The van der Waals surface area contributed by atoms with E-state index in [2.05, 4.69) is 10.6 Å². The number of amides is 1. The van der Waals surface area contributed by atoms with Crippen molar-refractivity contribution in [3.8, 4) is 0 Å². The molecule has 21 heavy (non-hydrogen) atoms. The smallest absolute Gasteiger partial charge is 0.335 e. The minimum atomic E-state index is -1.14. The normalized spacial score (nSPS) is 18.3. The molecule has 0 aliphatic carbocycles. The molecule has 0 radical (unpaired) electrons. The van der Waals surface area contributed by atoms with Crippen molar-refractivity contribution in [3.63, 3.8) is 0 Å². The number of carbonyl (C=O) groups excluding carboxylic acids is 1. The Balaban J connectivity index is 2.04. The average Bonchev–Trinajstić information content (AvgIpc) is 2.43. The number of carboxylic acid groups (broad SMARTS) is 1. The van der Waals surface area contributed by atoms with Gasteiger partial charge in [-0.25, -0.2) is 4.79 Å². The number of hydrogen-bond donors (Lipinski definition) is 3. The first-order valence-corrected chi connectivity index (χ1v) is 7.07. The van der Waals surface area contributed by atoms with Crippen LogP contribution in [-0.4, -0.2) is 42.8 Å². The molecule has 1 amide bonds. The first kappa shape index (κ1) is 16.0. The number of hydrogen-bond acceptors (Lipinski definition) is 4. The van der Waals surface area contributed by atoms with Crippen molar-refractivity contribution in [1.82, 2.24) is 5.32 Å². The maximum absolute atomic E-state index is 12.0. The minimum Gasteiger partial charge on any atom is -0.478 e. The fraction of sp³-hybridized carbons (Fsp3) is 0.385. The van der Waals surface area contributed by atoms with Gasteiger partial charge in [0, 0.05) is 13.1 Å². The lowest BCUT2D eigenvalue weighted by atomic mass is 10.2.